The quantitative estimate of drug-likeness (QED) is 0.891. The van der Waals surface area contributed by atoms with Crippen molar-refractivity contribution in [2.45, 2.75) is 6.10 Å². The third kappa shape index (κ3) is 4.48. The van der Waals surface area contributed by atoms with E-state index in [-0.39, 0.29) is 19.2 Å². The molecule has 0 bridgehead atoms. The summed E-state index contributed by atoms with van der Waals surface area (Å²) >= 11 is 0. The van der Waals surface area contributed by atoms with Crippen LogP contribution in [0.5, 0.6) is 11.5 Å². The van der Waals surface area contributed by atoms with E-state index in [2.05, 4.69) is 5.32 Å². The number of nitrogens with two attached hydrogens (primary N) is 1. The molecule has 1 atom stereocenters. The lowest BCUT2D eigenvalue weighted by Gasteiger charge is -2.31. The van der Waals surface area contributed by atoms with Gasteiger partial charge in [0, 0.05) is 18.3 Å². The van der Waals surface area contributed by atoms with Crippen LogP contribution in [-0.4, -0.2) is 42.6 Å². The van der Waals surface area contributed by atoms with E-state index in [1.54, 1.807) is 24.3 Å². The zero-order chi connectivity index (χ0) is 17.6. The smallest absolute Gasteiger partial charge is 0.322 e. The van der Waals surface area contributed by atoms with Gasteiger partial charge < -0.3 is 25.4 Å². The molecule has 7 nitrogen and oxygen atoms in total. The number of ether oxygens (including phenoxy) is 2. The molecule has 1 aliphatic rings. The molecule has 25 heavy (non-hydrogen) atoms. The lowest BCUT2D eigenvalue weighted by atomic mass is 10.2. The normalized spacial score (nSPS) is 17.0. The van der Waals surface area contributed by atoms with Crippen molar-refractivity contribution in [3.63, 3.8) is 0 Å². The number of morpholine rings is 1. The molecule has 3 N–H and O–H groups in total. The van der Waals surface area contributed by atoms with E-state index in [0.717, 1.165) is 0 Å². The Morgan fingerprint density at radius 1 is 1.12 bits per heavy atom. The van der Waals surface area contributed by atoms with Gasteiger partial charge in [-0.05, 0) is 24.3 Å². The third-order valence-electron chi connectivity index (χ3n) is 3.74. The number of nitrogens with one attached hydrogen (secondary N) is 1. The van der Waals surface area contributed by atoms with Crippen LogP contribution in [0.1, 0.15) is 0 Å². The number of carbonyl (C=O) groups is 2. The minimum absolute atomic E-state index is 0.140. The molecule has 3 amide bonds. The van der Waals surface area contributed by atoms with Gasteiger partial charge in [-0.3, -0.25) is 4.79 Å². The molecule has 0 aromatic heterocycles. The number of nitrogens with zero attached hydrogens (tertiary/aromatic N) is 1. The molecule has 0 spiro atoms. The number of benzene rings is 2. The van der Waals surface area contributed by atoms with Gasteiger partial charge in [-0.2, -0.15) is 0 Å². The van der Waals surface area contributed by atoms with E-state index in [4.69, 9.17) is 15.2 Å². The summed E-state index contributed by atoms with van der Waals surface area (Å²) in [6.07, 6.45) is -0.771. The Bertz CT molecular complexity index is 751. The van der Waals surface area contributed by atoms with E-state index in [1.165, 1.54) is 4.90 Å². The Kier molecular flexibility index (Phi) is 5.15. The van der Waals surface area contributed by atoms with Crippen LogP contribution in [0.3, 0.4) is 0 Å². The van der Waals surface area contributed by atoms with Gasteiger partial charge in [0.05, 0.1) is 13.2 Å². The molecule has 0 saturated carbocycles. The maximum Gasteiger partial charge on any atom is 0.322 e. The number of urea groups is 1. The maximum atomic E-state index is 12.4. The molecule has 1 unspecified atom stereocenters. The molecule has 1 fully saturated rings. The highest BCUT2D eigenvalue weighted by Crippen LogP contribution is 2.24. The number of hydrogen-bond acceptors (Lipinski definition) is 4. The fourth-order valence-electron chi connectivity index (χ4n) is 2.47. The van der Waals surface area contributed by atoms with E-state index >= 15 is 0 Å². The highest BCUT2D eigenvalue weighted by atomic mass is 16.5. The predicted molar refractivity (Wildman–Crippen MR) is 92.5 cm³/mol. The Hall–Kier alpha value is -3.06. The maximum absolute atomic E-state index is 12.4. The number of para-hydroxylation sites is 1. The van der Waals surface area contributed by atoms with Crippen LogP contribution in [0.2, 0.25) is 0 Å². The SMILES string of the molecule is NC(=O)C1CN(C(=O)Nc2cccc(Oc3ccccc3)c2)CCO1. The van der Waals surface area contributed by atoms with E-state index in [9.17, 15) is 9.59 Å². The van der Waals surface area contributed by atoms with Crippen LogP contribution >= 0.6 is 0 Å². The fraction of sp³-hybridized carbons (Fsp3) is 0.222. The van der Waals surface area contributed by atoms with Crippen LogP contribution in [-0.2, 0) is 9.53 Å². The molecule has 1 heterocycles. The lowest BCUT2D eigenvalue weighted by Crippen LogP contribution is -2.51. The summed E-state index contributed by atoms with van der Waals surface area (Å²) in [5.74, 6) is 0.750. The summed E-state index contributed by atoms with van der Waals surface area (Å²) in [5, 5.41) is 2.80. The van der Waals surface area contributed by atoms with Gasteiger partial charge in [0.15, 0.2) is 6.10 Å². The van der Waals surface area contributed by atoms with Gasteiger partial charge in [0.1, 0.15) is 11.5 Å². The highest BCUT2D eigenvalue weighted by molar-refractivity contribution is 5.90. The minimum atomic E-state index is -0.771. The van der Waals surface area contributed by atoms with Gasteiger partial charge >= 0.3 is 6.03 Å². The summed E-state index contributed by atoms with van der Waals surface area (Å²) in [6.45, 7) is 0.815. The fourth-order valence-corrected chi connectivity index (χ4v) is 2.47. The zero-order valence-corrected chi connectivity index (χ0v) is 13.6. The molecule has 1 saturated heterocycles. The van der Waals surface area contributed by atoms with Gasteiger partial charge in [-0.1, -0.05) is 24.3 Å². The summed E-state index contributed by atoms with van der Waals surface area (Å²) < 4.78 is 11.0. The molecule has 0 aliphatic carbocycles. The number of amides is 3. The molecule has 2 aromatic carbocycles. The average Bonchev–Trinajstić information content (AvgIpc) is 2.63. The first kappa shape index (κ1) is 16.8. The van der Waals surface area contributed by atoms with Crippen LogP contribution in [0, 0.1) is 0 Å². The second kappa shape index (κ2) is 7.67. The van der Waals surface area contributed by atoms with Gasteiger partial charge in [-0.25, -0.2) is 4.79 Å². The van der Waals surface area contributed by atoms with Crippen molar-refractivity contribution >= 4 is 17.6 Å². The lowest BCUT2D eigenvalue weighted by molar-refractivity contribution is -0.133. The average molecular weight is 341 g/mol. The minimum Gasteiger partial charge on any atom is -0.457 e. The number of anilines is 1. The Labute approximate surface area is 145 Å². The van der Waals surface area contributed by atoms with Gasteiger partial charge in [0.25, 0.3) is 0 Å². The number of carbonyl (C=O) groups excluding carboxylic acids is 2. The first-order valence-electron chi connectivity index (χ1n) is 7.91. The monoisotopic (exact) mass is 341 g/mol. The number of hydrogen-bond donors (Lipinski definition) is 2. The molecule has 2 aromatic rings. The van der Waals surface area contributed by atoms with Gasteiger partial charge in [-0.15, -0.1) is 0 Å². The molecule has 1 aliphatic heterocycles. The molecule has 3 rings (SSSR count). The second-order valence-corrected chi connectivity index (χ2v) is 5.58. The second-order valence-electron chi connectivity index (χ2n) is 5.58. The summed E-state index contributed by atoms with van der Waals surface area (Å²) in [6, 6.07) is 16.2. The number of primary amides is 1. The highest BCUT2D eigenvalue weighted by Gasteiger charge is 2.27. The van der Waals surface area contributed by atoms with E-state index < -0.39 is 12.0 Å². The van der Waals surface area contributed by atoms with Crippen molar-refractivity contribution in [2.75, 3.05) is 25.0 Å². The molecular formula is C18H19N3O4. The van der Waals surface area contributed by atoms with E-state index in [1.807, 2.05) is 30.3 Å². The van der Waals surface area contributed by atoms with Crippen molar-refractivity contribution in [1.82, 2.24) is 4.90 Å². The molecule has 130 valence electrons. The summed E-state index contributed by atoms with van der Waals surface area (Å²) in [5.41, 5.74) is 5.83. The van der Waals surface area contributed by atoms with Crippen molar-refractivity contribution < 1.29 is 19.1 Å². The Morgan fingerprint density at radius 2 is 1.88 bits per heavy atom. The van der Waals surface area contributed by atoms with Crippen molar-refractivity contribution in [2.24, 2.45) is 5.73 Å². The van der Waals surface area contributed by atoms with Crippen molar-refractivity contribution in [3.8, 4) is 11.5 Å². The molecular weight excluding hydrogens is 322 g/mol. The molecule has 7 heteroatoms. The van der Waals surface area contributed by atoms with Crippen molar-refractivity contribution in [3.05, 3.63) is 54.6 Å². The third-order valence-corrected chi connectivity index (χ3v) is 3.74. The standard InChI is InChI=1S/C18H19N3O4/c19-17(22)16-12-21(9-10-24-16)18(23)20-13-5-4-8-15(11-13)25-14-6-2-1-3-7-14/h1-8,11,16H,9-10,12H2,(H2,19,22)(H,20,23). The number of rotatable bonds is 4. The van der Waals surface area contributed by atoms with Crippen LogP contribution in [0.15, 0.2) is 54.6 Å². The summed E-state index contributed by atoms with van der Waals surface area (Å²) in [7, 11) is 0. The van der Waals surface area contributed by atoms with Crippen LogP contribution in [0.4, 0.5) is 10.5 Å². The van der Waals surface area contributed by atoms with Gasteiger partial charge in [0.2, 0.25) is 5.91 Å². The first-order valence-corrected chi connectivity index (χ1v) is 7.91. The zero-order valence-electron chi connectivity index (χ0n) is 13.6. The Morgan fingerprint density at radius 3 is 2.64 bits per heavy atom. The Balaban J connectivity index is 1.63. The van der Waals surface area contributed by atoms with E-state index in [0.29, 0.717) is 23.7 Å². The summed E-state index contributed by atoms with van der Waals surface area (Å²) in [4.78, 5) is 25.1. The predicted octanol–water partition coefficient (Wildman–Crippen LogP) is 2.20. The topological polar surface area (TPSA) is 93.9 Å². The first-order chi connectivity index (χ1) is 12.1. The molecule has 0 radical (unpaired) electrons. The van der Waals surface area contributed by atoms with Crippen LogP contribution in [0.25, 0.3) is 0 Å². The van der Waals surface area contributed by atoms with Crippen molar-refractivity contribution in [1.29, 1.82) is 0 Å². The largest absolute Gasteiger partial charge is 0.457 e. The van der Waals surface area contributed by atoms with Crippen LogP contribution < -0.4 is 15.8 Å².